The summed E-state index contributed by atoms with van der Waals surface area (Å²) in [7, 11) is 0. The van der Waals surface area contributed by atoms with Crippen LogP contribution in [0.4, 0.5) is 0 Å². The summed E-state index contributed by atoms with van der Waals surface area (Å²) in [6.07, 6.45) is 3.46. The van der Waals surface area contributed by atoms with Crippen molar-refractivity contribution >= 4 is 0 Å². The minimum atomic E-state index is 0.280. The molecule has 0 saturated carbocycles. The summed E-state index contributed by atoms with van der Waals surface area (Å²) in [6, 6.07) is 9.14. The number of hydrogen-bond acceptors (Lipinski definition) is 2. The summed E-state index contributed by atoms with van der Waals surface area (Å²) in [4.78, 5) is 0. The zero-order valence-corrected chi connectivity index (χ0v) is 9.00. The lowest BCUT2D eigenvalue weighted by atomic mass is 9.72. The maximum Gasteiger partial charge on any atom is 0.0178 e. The molecular weight excluding hydrogens is 184 g/mol. The summed E-state index contributed by atoms with van der Waals surface area (Å²) < 4.78 is 0. The third kappa shape index (κ3) is 1.25. The Kier molecular flexibility index (Phi) is 2.08. The summed E-state index contributed by atoms with van der Waals surface area (Å²) in [5.41, 5.74) is 9.65. The Morgan fingerprint density at radius 3 is 2.73 bits per heavy atom. The van der Waals surface area contributed by atoms with Gasteiger partial charge < -0.3 is 11.1 Å². The molecule has 1 saturated heterocycles. The summed E-state index contributed by atoms with van der Waals surface area (Å²) in [5, 5.41) is 3.43. The Bertz CT molecular complexity index is 367. The van der Waals surface area contributed by atoms with Crippen LogP contribution in [-0.2, 0) is 11.8 Å². The molecule has 15 heavy (non-hydrogen) atoms. The summed E-state index contributed by atoms with van der Waals surface area (Å²) >= 11 is 0. The van der Waals surface area contributed by atoms with Crippen LogP contribution in [0.5, 0.6) is 0 Å². The van der Waals surface area contributed by atoms with Crippen LogP contribution in [0.25, 0.3) is 0 Å². The number of nitrogens with one attached hydrogen (secondary N) is 1. The average molecular weight is 202 g/mol. The molecule has 0 aromatic heterocycles. The maximum absolute atomic E-state index is 6.37. The first kappa shape index (κ1) is 9.37. The van der Waals surface area contributed by atoms with Gasteiger partial charge in [0.2, 0.25) is 0 Å². The van der Waals surface area contributed by atoms with Gasteiger partial charge in [-0.05, 0) is 43.5 Å². The number of nitrogens with two attached hydrogens (primary N) is 1. The van der Waals surface area contributed by atoms with Crippen molar-refractivity contribution in [1.29, 1.82) is 0 Å². The van der Waals surface area contributed by atoms with Gasteiger partial charge >= 0.3 is 0 Å². The van der Waals surface area contributed by atoms with E-state index in [1.165, 1.54) is 24.0 Å². The molecule has 2 aliphatic rings. The van der Waals surface area contributed by atoms with E-state index in [2.05, 4.69) is 29.6 Å². The Balaban J connectivity index is 2.07. The van der Waals surface area contributed by atoms with Crippen molar-refractivity contribution in [1.82, 2.24) is 5.32 Å². The SMILES string of the molecule is NC1Cc2ccccc2C12CCNCC2. The quantitative estimate of drug-likeness (QED) is 0.663. The predicted molar refractivity (Wildman–Crippen MR) is 61.9 cm³/mol. The molecule has 1 spiro atoms. The second kappa shape index (κ2) is 3.32. The number of benzene rings is 1. The first-order valence-corrected chi connectivity index (χ1v) is 5.88. The van der Waals surface area contributed by atoms with Gasteiger partial charge in [-0.3, -0.25) is 0 Å². The van der Waals surface area contributed by atoms with Gasteiger partial charge in [0, 0.05) is 11.5 Å². The van der Waals surface area contributed by atoms with Gasteiger partial charge in [0.25, 0.3) is 0 Å². The van der Waals surface area contributed by atoms with Gasteiger partial charge in [0.05, 0.1) is 0 Å². The smallest absolute Gasteiger partial charge is 0.0178 e. The van der Waals surface area contributed by atoms with Crippen molar-refractivity contribution in [2.75, 3.05) is 13.1 Å². The van der Waals surface area contributed by atoms with Crippen molar-refractivity contribution in [3.05, 3.63) is 35.4 Å². The summed E-state index contributed by atoms with van der Waals surface area (Å²) in [6.45, 7) is 2.23. The summed E-state index contributed by atoms with van der Waals surface area (Å²) in [5.74, 6) is 0. The first-order chi connectivity index (χ1) is 7.33. The number of hydrogen-bond donors (Lipinski definition) is 2. The van der Waals surface area contributed by atoms with Gasteiger partial charge in [-0.2, -0.15) is 0 Å². The van der Waals surface area contributed by atoms with E-state index in [-0.39, 0.29) is 5.41 Å². The van der Waals surface area contributed by atoms with E-state index in [9.17, 15) is 0 Å². The van der Waals surface area contributed by atoms with Crippen LogP contribution in [-0.4, -0.2) is 19.1 Å². The van der Waals surface area contributed by atoms with Gasteiger partial charge in [0.15, 0.2) is 0 Å². The van der Waals surface area contributed by atoms with Gasteiger partial charge in [-0.25, -0.2) is 0 Å². The molecule has 1 aliphatic carbocycles. The molecule has 3 rings (SSSR count). The molecule has 1 aromatic rings. The second-order valence-corrected chi connectivity index (χ2v) is 4.87. The van der Waals surface area contributed by atoms with Gasteiger partial charge in [-0.15, -0.1) is 0 Å². The topological polar surface area (TPSA) is 38.0 Å². The minimum absolute atomic E-state index is 0.280. The van der Waals surface area contributed by atoms with Crippen LogP contribution in [0.3, 0.4) is 0 Å². The molecule has 0 bridgehead atoms. The zero-order valence-electron chi connectivity index (χ0n) is 9.00. The molecule has 1 aliphatic heterocycles. The van der Waals surface area contributed by atoms with Crippen molar-refractivity contribution in [3.8, 4) is 0 Å². The standard InChI is InChI=1S/C13H18N2/c14-12-9-10-3-1-2-4-11(10)13(12)5-7-15-8-6-13/h1-4,12,15H,5-9,14H2. The third-order valence-electron chi connectivity index (χ3n) is 4.20. The van der Waals surface area contributed by atoms with E-state index in [0.717, 1.165) is 19.5 Å². The molecule has 3 N–H and O–H groups in total. The van der Waals surface area contributed by atoms with E-state index in [4.69, 9.17) is 5.73 Å². The van der Waals surface area contributed by atoms with Crippen LogP contribution in [0.15, 0.2) is 24.3 Å². The van der Waals surface area contributed by atoms with Crippen LogP contribution >= 0.6 is 0 Å². The Morgan fingerprint density at radius 1 is 1.20 bits per heavy atom. The fourth-order valence-corrected chi connectivity index (χ4v) is 3.33. The van der Waals surface area contributed by atoms with E-state index in [1.54, 1.807) is 0 Å². The normalized spacial score (nSPS) is 27.9. The highest BCUT2D eigenvalue weighted by molar-refractivity contribution is 5.42. The molecule has 1 unspecified atom stereocenters. The average Bonchev–Trinajstić information content (AvgIpc) is 2.55. The monoisotopic (exact) mass is 202 g/mol. The van der Waals surface area contributed by atoms with Crippen LogP contribution in [0, 0.1) is 0 Å². The fourth-order valence-electron chi connectivity index (χ4n) is 3.33. The number of rotatable bonds is 0. The lowest BCUT2D eigenvalue weighted by Crippen LogP contribution is -2.49. The van der Waals surface area contributed by atoms with Crippen molar-refractivity contribution in [3.63, 3.8) is 0 Å². The first-order valence-electron chi connectivity index (χ1n) is 5.88. The highest BCUT2D eigenvalue weighted by Gasteiger charge is 2.44. The van der Waals surface area contributed by atoms with E-state index in [0.29, 0.717) is 6.04 Å². The number of fused-ring (bicyclic) bond motifs is 2. The van der Waals surface area contributed by atoms with Crippen LogP contribution in [0.1, 0.15) is 24.0 Å². The molecule has 0 amide bonds. The number of piperidine rings is 1. The Labute approximate surface area is 90.9 Å². The molecule has 2 nitrogen and oxygen atoms in total. The third-order valence-corrected chi connectivity index (χ3v) is 4.20. The van der Waals surface area contributed by atoms with E-state index in [1.807, 2.05) is 0 Å². The van der Waals surface area contributed by atoms with E-state index >= 15 is 0 Å². The van der Waals surface area contributed by atoms with Crippen molar-refractivity contribution in [2.45, 2.75) is 30.7 Å². The van der Waals surface area contributed by atoms with Gasteiger partial charge in [0.1, 0.15) is 0 Å². The Morgan fingerprint density at radius 2 is 1.93 bits per heavy atom. The van der Waals surface area contributed by atoms with Crippen molar-refractivity contribution in [2.24, 2.45) is 5.73 Å². The molecule has 1 fully saturated rings. The fraction of sp³-hybridized carbons (Fsp3) is 0.538. The molecule has 1 atom stereocenters. The lowest BCUT2D eigenvalue weighted by Gasteiger charge is -2.38. The highest BCUT2D eigenvalue weighted by Crippen LogP contribution is 2.44. The zero-order chi connectivity index (χ0) is 10.3. The second-order valence-electron chi connectivity index (χ2n) is 4.87. The molecular formula is C13H18N2. The molecule has 1 aromatic carbocycles. The van der Waals surface area contributed by atoms with Crippen molar-refractivity contribution < 1.29 is 0 Å². The lowest BCUT2D eigenvalue weighted by molar-refractivity contribution is 0.273. The Hall–Kier alpha value is -0.860. The largest absolute Gasteiger partial charge is 0.327 e. The van der Waals surface area contributed by atoms with Crippen LogP contribution in [0.2, 0.25) is 0 Å². The molecule has 1 heterocycles. The molecule has 80 valence electrons. The predicted octanol–water partition coefficient (Wildman–Crippen LogP) is 1.19. The highest BCUT2D eigenvalue weighted by atomic mass is 14.9. The van der Waals surface area contributed by atoms with Crippen LogP contribution < -0.4 is 11.1 Å². The maximum atomic E-state index is 6.37. The van der Waals surface area contributed by atoms with Gasteiger partial charge in [-0.1, -0.05) is 24.3 Å². The molecule has 2 heteroatoms. The van der Waals surface area contributed by atoms with E-state index < -0.39 is 0 Å². The molecule has 0 radical (unpaired) electrons. The minimum Gasteiger partial charge on any atom is -0.327 e.